The smallest absolute Gasteiger partial charge is 0.207 e. The van der Waals surface area contributed by atoms with Gasteiger partial charge in [0.15, 0.2) is 0 Å². The van der Waals surface area contributed by atoms with Crippen LogP contribution in [0.15, 0.2) is 24.8 Å². The van der Waals surface area contributed by atoms with Crippen molar-refractivity contribution in [1.82, 2.24) is 0 Å². The summed E-state index contributed by atoms with van der Waals surface area (Å²) in [7, 11) is 0. The number of hydrogen-bond donors (Lipinski definition) is 1. The van der Waals surface area contributed by atoms with Crippen molar-refractivity contribution in [3.05, 3.63) is 41.1 Å². The molecule has 0 bridgehead atoms. The maximum Gasteiger partial charge on any atom is 0.260 e. The number of halogens is 1. The van der Waals surface area contributed by atoms with Gasteiger partial charge in [-0.15, -0.1) is 0 Å². The molecule has 0 saturated carbocycles. The molecule has 1 aromatic rings. The lowest BCUT2D eigenvalue weighted by Crippen LogP contribution is -2.56. The van der Waals surface area contributed by atoms with E-state index in [0.717, 1.165) is 0 Å². The molecule has 1 rings (SSSR count). The van der Waals surface area contributed by atoms with E-state index in [1.54, 1.807) is 12.1 Å². The Morgan fingerprint density at radius 3 is 2.75 bits per heavy atom. The van der Waals surface area contributed by atoms with Crippen LogP contribution in [0.5, 0.6) is 0 Å². The van der Waals surface area contributed by atoms with Crippen LogP contribution in [-0.2, 0) is 0 Å². The topological polar surface area (TPSA) is 31.0 Å². The van der Waals surface area contributed by atoms with Crippen LogP contribution in [0.4, 0.5) is 10.1 Å². The number of nitrogens with one attached hydrogen (secondary N) is 1. The van der Waals surface area contributed by atoms with E-state index in [2.05, 4.69) is 6.58 Å². The standard InChI is InChI=1S/C9H8FNO/c1-6(2)8-5-7(10)3-4-9(8)11-12/h3-5H,1H2,2H3/p+1. The zero-order chi connectivity index (χ0) is 9.14. The second kappa shape index (κ2) is 3.26. The fourth-order valence-electron chi connectivity index (χ4n) is 0.959. The maximum absolute atomic E-state index is 12.7. The molecule has 2 nitrogen and oxygen atoms in total. The highest BCUT2D eigenvalue weighted by atomic mass is 19.1. The van der Waals surface area contributed by atoms with Gasteiger partial charge in [0.1, 0.15) is 5.82 Å². The first kappa shape index (κ1) is 8.59. The summed E-state index contributed by atoms with van der Waals surface area (Å²) in [6.07, 6.45) is 0. The minimum Gasteiger partial charge on any atom is -0.207 e. The largest absolute Gasteiger partial charge is 0.260 e. The molecule has 0 unspecified atom stereocenters. The lowest BCUT2D eigenvalue weighted by Gasteiger charge is -1.97. The van der Waals surface area contributed by atoms with Gasteiger partial charge in [0.25, 0.3) is 5.69 Å². The maximum atomic E-state index is 12.7. The molecule has 1 N–H and O–H groups in total. The van der Waals surface area contributed by atoms with Crippen LogP contribution in [0.2, 0.25) is 0 Å². The zero-order valence-electron chi connectivity index (χ0n) is 6.73. The van der Waals surface area contributed by atoms with Gasteiger partial charge in [-0.2, -0.15) is 0 Å². The summed E-state index contributed by atoms with van der Waals surface area (Å²) in [5, 5.41) is 1.73. The van der Waals surface area contributed by atoms with E-state index < -0.39 is 0 Å². The SMILES string of the molecule is C=C(C)c1cc(F)ccc1[NH+]=O. The van der Waals surface area contributed by atoms with E-state index in [1.165, 1.54) is 18.2 Å². The normalized spacial score (nSPS) is 9.50. The molecule has 0 radical (unpaired) electrons. The van der Waals surface area contributed by atoms with E-state index in [9.17, 15) is 9.30 Å². The average Bonchev–Trinajstić information content (AvgIpc) is 2.04. The molecule has 0 aliphatic carbocycles. The zero-order valence-corrected chi connectivity index (χ0v) is 6.73. The molecule has 0 aromatic heterocycles. The quantitative estimate of drug-likeness (QED) is 0.706. The number of nitroso groups, excluding NO2 is 1. The van der Waals surface area contributed by atoms with Crippen molar-refractivity contribution in [3.8, 4) is 0 Å². The third-order valence-electron chi connectivity index (χ3n) is 1.55. The molecule has 0 spiro atoms. The Kier molecular flexibility index (Phi) is 2.33. The van der Waals surface area contributed by atoms with Gasteiger partial charge in [-0.3, -0.25) is 0 Å². The highest BCUT2D eigenvalue weighted by Crippen LogP contribution is 2.18. The van der Waals surface area contributed by atoms with Gasteiger partial charge in [-0.25, -0.2) is 4.39 Å². The molecule has 0 atom stereocenters. The van der Waals surface area contributed by atoms with Gasteiger partial charge in [0, 0.05) is 16.2 Å². The van der Waals surface area contributed by atoms with Crippen molar-refractivity contribution in [2.75, 3.05) is 0 Å². The summed E-state index contributed by atoms with van der Waals surface area (Å²) in [5.41, 5.74) is 1.53. The second-order valence-corrected chi connectivity index (χ2v) is 2.57. The Bertz CT molecular complexity index is 333. The van der Waals surface area contributed by atoms with Gasteiger partial charge in [-0.05, 0) is 24.6 Å². The van der Waals surface area contributed by atoms with E-state index >= 15 is 0 Å². The average molecular weight is 166 g/mol. The summed E-state index contributed by atoms with van der Waals surface area (Å²) in [6.45, 7) is 5.35. The molecule has 0 aliphatic rings. The van der Waals surface area contributed by atoms with Crippen molar-refractivity contribution in [1.29, 1.82) is 0 Å². The Balaban J connectivity index is 3.30. The van der Waals surface area contributed by atoms with Gasteiger partial charge in [0.05, 0.1) is 5.56 Å². The van der Waals surface area contributed by atoms with E-state index in [0.29, 0.717) is 16.8 Å². The molecule has 0 fully saturated rings. The van der Waals surface area contributed by atoms with Crippen LogP contribution in [0.3, 0.4) is 0 Å². The first-order valence-corrected chi connectivity index (χ1v) is 3.48. The molecule has 12 heavy (non-hydrogen) atoms. The lowest BCUT2D eigenvalue weighted by atomic mass is 10.1. The summed E-state index contributed by atoms with van der Waals surface area (Å²) in [5.74, 6) is -0.369. The molecule has 0 aliphatic heterocycles. The highest BCUT2D eigenvalue weighted by Gasteiger charge is 2.09. The Morgan fingerprint density at radius 1 is 1.58 bits per heavy atom. The third-order valence-corrected chi connectivity index (χ3v) is 1.55. The van der Waals surface area contributed by atoms with Crippen LogP contribution in [0.1, 0.15) is 12.5 Å². The van der Waals surface area contributed by atoms with Gasteiger partial charge >= 0.3 is 0 Å². The first-order chi connectivity index (χ1) is 5.65. The molecular formula is C9H9FNO+. The molecule has 1 aromatic carbocycles. The van der Waals surface area contributed by atoms with E-state index in [1.807, 2.05) is 0 Å². The third kappa shape index (κ3) is 1.56. The molecule has 0 saturated heterocycles. The summed E-state index contributed by atoms with van der Waals surface area (Å²) < 4.78 is 12.7. The van der Waals surface area contributed by atoms with E-state index in [-0.39, 0.29) is 5.82 Å². The monoisotopic (exact) mass is 166 g/mol. The Hall–Kier alpha value is -1.51. The van der Waals surface area contributed by atoms with Crippen molar-refractivity contribution >= 4 is 11.3 Å². The molecule has 3 heteroatoms. The summed E-state index contributed by atoms with van der Waals surface area (Å²) in [4.78, 5) is 10.4. The minimum absolute atomic E-state index is 0.351. The highest BCUT2D eigenvalue weighted by molar-refractivity contribution is 5.69. The fraction of sp³-hybridized carbons (Fsp3) is 0.111. The van der Waals surface area contributed by atoms with Gasteiger partial charge in [-0.1, -0.05) is 6.58 Å². The molecule has 0 heterocycles. The minimum atomic E-state index is -0.369. The molecule has 62 valence electrons. The fourth-order valence-corrected chi connectivity index (χ4v) is 0.959. The van der Waals surface area contributed by atoms with Crippen molar-refractivity contribution in [2.45, 2.75) is 6.92 Å². The summed E-state index contributed by atoms with van der Waals surface area (Å²) >= 11 is 0. The predicted molar refractivity (Wildman–Crippen MR) is 45.1 cm³/mol. The van der Waals surface area contributed by atoms with Crippen LogP contribution in [0.25, 0.3) is 5.57 Å². The lowest BCUT2D eigenvalue weighted by molar-refractivity contribution is -0.379. The van der Waals surface area contributed by atoms with Crippen molar-refractivity contribution in [3.63, 3.8) is 0 Å². The molecule has 0 amide bonds. The van der Waals surface area contributed by atoms with Crippen LogP contribution in [-0.4, -0.2) is 0 Å². The first-order valence-electron chi connectivity index (χ1n) is 3.48. The van der Waals surface area contributed by atoms with E-state index in [4.69, 9.17) is 0 Å². The predicted octanol–water partition coefficient (Wildman–Crippen LogP) is 1.34. The van der Waals surface area contributed by atoms with Crippen molar-refractivity contribution in [2.24, 2.45) is 0 Å². The number of rotatable bonds is 2. The van der Waals surface area contributed by atoms with Crippen LogP contribution in [0, 0.1) is 10.7 Å². The second-order valence-electron chi connectivity index (χ2n) is 2.57. The Labute approximate surface area is 69.7 Å². The molecular weight excluding hydrogens is 157 g/mol. The Morgan fingerprint density at radius 2 is 2.25 bits per heavy atom. The van der Waals surface area contributed by atoms with Gasteiger partial charge in [0.2, 0.25) is 0 Å². The van der Waals surface area contributed by atoms with Crippen LogP contribution < -0.4 is 5.18 Å². The number of allylic oxidation sites excluding steroid dienone is 1. The number of benzene rings is 1. The van der Waals surface area contributed by atoms with Crippen LogP contribution >= 0.6 is 0 Å². The number of hydrogen-bond acceptors (Lipinski definition) is 1. The van der Waals surface area contributed by atoms with Crippen molar-refractivity contribution < 1.29 is 9.57 Å². The van der Waals surface area contributed by atoms with Gasteiger partial charge < -0.3 is 0 Å². The summed E-state index contributed by atoms with van der Waals surface area (Å²) in [6, 6.07) is 3.90.